The third-order valence-electron chi connectivity index (χ3n) is 10.2. The van der Waals surface area contributed by atoms with Crippen LogP contribution in [-0.4, -0.2) is 39.3 Å². The van der Waals surface area contributed by atoms with Gasteiger partial charge in [0, 0.05) is 23.7 Å². The van der Waals surface area contributed by atoms with E-state index in [0.29, 0.717) is 42.9 Å². The monoisotopic (exact) mass is 386 g/mol. The fourth-order valence-electron chi connectivity index (χ4n) is 8.66. The molecule has 6 aliphatic rings. The summed E-state index contributed by atoms with van der Waals surface area (Å²) in [6.07, 6.45) is 7.59. The molecule has 0 aromatic heterocycles. The van der Waals surface area contributed by atoms with E-state index in [-0.39, 0.29) is 34.7 Å². The number of carbonyl (C=O) groups excluding carboxylic acids is 1. The third-order valence-corrected chi connectivity index (χ3v) is 10.2. The van der Waals surface area contributed by atoms with Crippen LogP contribution in [0.15, 0.2) is 11.6 Å². The molecule has 2 N–H and O–H groups in total. The second kappa shape index (κ2) is 4.92. The molecule has 5 nitrogen and oxygen atoms in total. The second-order valence-corrected chi connectivity index (χ2v) is 11.0. The van der Waals surface area contributed by atoms with Crippen molar-refractivity contribution in [1.29, 1.82) is 0 Å². The standard InChI is InChI=1S/C23H30O5/c1-20-6-3-12(24)9-16(20)13-10-14(13)19-15-4-7-22(27,8-5-18(25)26)21(15,2)11-17-23(19,20)28-17/h9,13-15,17,19,27H,3-8,10-11H2,1-2H3,(H,25,26)/t13?,14?,15-,17+,19-,20-,21-,22+,23?/m0/s1. The van der Waals surface area contributed by atoms with Crippen molar-refractivity contribution in [2.75, 3.05) is 0 Å². The fraction of sp³-hybridized carbons (Fsp3) is 0.826. The van der Waals surface area contributed by atoms with Crippen LogP contribution in [0.25, 0.3) is 0 Å². The summed E-state index contributed by atoms with van der Waals surface area (Å²) in [6.45, 7) is 4.54. The molecule has 5 fully saturated rings. The Morgan fingerprint density at radius 1 is 1.32 bits per heavy atom. The molecule has 1 heterocycles. The van der Waals surface area contributed by atoms with Gasteiger partial charge in [0.05, 0.1) is 11.7 Å². The molecule has 0 aromatic carbocycles. The van der Waals surface area contributed by atoms with Gasteiger partial charge in [-0.15, -0.1) is 0 Å². The van der Waals surface area contributed by atoms with Gasteiger partial charge in [-0.3, -0.25) is 9.59 Å². The maximum atomic E-state index is 12.1. The lowest BCUT2D eigenvalue weighted by molar-refractivity contribution is -0.144. The van der Waals surface area contributed by atoms with Crippen LogP contribution in [0, 0.1) is 34.5 Å². The molecule has 28 heavy (non-hydrogen) atoms. The molecule has 1 aliphatic heterocycles. The fourth-order valence-corrected chi connectivity index (χ4v) is 8.66. The highest BCUT2D eigenvalue weighted by Crippen LogP contribution is 2.82. The maximum Gasteiger partial charge on any atom is 0.303 e. The lowest BCUT2D eigenvalue weighted by Crippen LogP contribution is -2.60. The molecule has 3 unspecified atom stereocenters. The van der Waals surface area contributed by atoms with E-state index in [2.05, 4.69) is 13.8 Å². The van der Waals surface area contributed by atoms with Crippen molar-refractivity contribution in [1.82, 2.24) is 0 Å². The highest BCUT2D eigenvalue weighted by molar-refractivity contribution is 5.92. The quantitative estimate of drug-likeness (QED) is 0.728. The van der Waals surface area contributed by atoms with E-state index in [4.69, 9.17) is 4.74 Å². The molecule has 0 radical (unpaired) electrons. The Morgan fingerprint density at radius 2 is 2.11 bits per heavy atom. The lowest BCUT2D eigenvalue weighted by atomic mass is 9.46. The molecule has 1 saturated heterocycles. The number of epoxide rings is 1. The molecule has 1 spiro atoms. The molecule has 0 bridgehead atoms. The van der Waals surface area contributed by atoms with Crippen molar-refractivity contribution >= 4 is 11.8 Å². The summed E-state index contributed by atoms with van der Waals surface area (Å²) in [4.78, 5) is 23.3. The number of carbonyl (C=O) groups is 2. The van der Waals surface area contributed by atoms with Crippen molar-refractivity contribution < 1.29 is 24.5 Å². The Bertz CT molecular complexity index is 833. The lowest BCUT2D eigenvalue weighted by Gasteiger charge is -2.56. The highest BCUT2D eigenvalue weighted by atomic mass is 16.6. The number of carboxylic acids is 1. The van der Waals surface area contributed by atoms with Crippen LogP contribution in [-0.2, 0) is 14.3 Å². The summed E-state index contributed by atoms with van der Waals surface area (Å²) in [7, 11) is 0. The predicted octanol–water partition coefficient (Wildman–Crippen LogP) is 3.10. The first kappa shape index (κ1) is 17.6. The zero-order valence-electron chi connectivity index (χ0n) is 16.7. The first-order chi connectivity index (χ1) is 13.2. The molecule has 6 rings (SSSR count). The van der Waals surface area contributed by atoms with E-state index in [1.165, 1.54) is 5.57 Å². The summed E-state index contributed by atoms with van der Waals surface area (Å²) in [5, 5.41) is 20.8. The molecule has 5 aliphatic carbocycles. The van der Waals surface area contributed by atoms with Gasteiger partial charge >= 0.3 is 5.97 Å². The van der Waals surface area contributed by atoms with E-state index in [1.807, 2.05) is 6.08 Å². The van der Waals surface area contributed by atoms with Crippen molar-refractivity contribution in [3.8, 4) is 0 Å². The minimum atomic E-state index is -0.905. The number of rotatable bonds is 3. The molecule has 4 saturated carbocycles. The Hall–Kier alpha value is -1.20. The number of aliphatic carboxylic acids is 1. The minimum Gasteiger partial charge on any atom is -0.481 e. The van der Waals surface area contributed by atoms with Gasteiger partial charge in [-0.2, -0.15) is 0 Å². The minimum absolute atomic E-state index is 0.0267. The van der Waals surface area contributed by atoms with Crippen LogP contribution in [0.5, 0.6) is 0 Å². The molecule has 152 valence electrons. The van der Waals surface area contributed by atoms with Crippen molar-refractivity contribution in [3.63, 3.8) is 0 Å². The third kappa shape index (κ3) is 1.78. The molecule has 5 heteroatoms. The maximum absolute atomic E-state index is 12.1. The summed E-state index contributed by atoms with van der Waals surface area (Å²) in [6, 6.07) is 0. The number of hydrogen-bond donors (Lipinski definition) is 2. The molecule has 0 amide bonds. The predicted molar refractivity (Wildman–Crippen MR) is 100 cm³/mol. The van der Waals surface area contributed by atoms with Crippen LogP contribution >= 0.6 is 0 Å². The van der Waals surface area contributed by atoms with Gasteiger partial charge in [-0.1, -0.05) is 19.4 Å². The molecular weight excluding hydrogens is 356 g/mol. The normalized spacial score (nSPS) is 57.9. The van der Waals surface area contributed by atoms with E-state index in [9.17, 15) is 19.8 Å². The van der Waals surface area contributed by atoms with Crippen LogP contribution in [0.3, 0.4) is 0 Å². The summed E-state index contributed by atoms with van der Waals surface area (Å²) >= 11 is 0. The summed E-state index contributed by atoms with van der Waals surface area (Å²) < 4.78 is 6.62. The van der Waals surface area contributed by atoms with Gasteiger partial charge in [0.15, 0.2) is 5.78 Å². The number of fused-ring (bicyclic) bond motifs is 6. The average molecular weight is 386 g/mol. The van der Waals surface area contributed by atoms with Gasteiger partial charge in [0.1, 0.15) is 5.60 Å². The van der Waals surface area contributed by atoms with Crippen molar-refractivity contribution in [2.45, 2.75) is 82.5 Å². The first-order valence-corrected chi connectivity index (χ1v) is 11.0. The Balaban J connectivity index is 1.40. The second-order valence-electron chi connectivity index (χ2n) is 11.0. The zero-order chi connectivity index (χ0) is 19.7. The first-order valence-electron chi connectivity index (χ1n) is 11.0. The van der Waals surface area contributed by atoms with Crippen molar-refractivity contribution in [2.24, 2.45) is 34.5 Å². The zero-order valence-corrected chi connectivity index (χ0v) is 16.7. The average Bonchev–Trinajstić information content (AvgIpc) is 3.52. The SMILES string of the molecule is C[C@]12CCC(=O)C=C1C1CC1[C@H]1[C@@H]3CC[C@@](O)(CCC(=O)O)[C@@]3(C)C[C@H]3OC312. The Kier molecular flexibility index (Phi) is 3.10. The van der Waals surface area contributed by atoms with Crippen LogP contribution in [0.2, 0.25) is 0 Å². The smallest absolute Gasteiger partial charge is 0.303 e. The van der Waals surface area contributed by atoms with Crippen molar-refractivity contribution in [3.05, 3.63) is 11.6 Å². The summed E-state index contributed by atoms with van der Waals surface area (Å²) in [5.41, 5.74) is -0.0168. The van der Waals surface area contributed by atoms with Gasteiger partial charge in [0.2, 0.25) is 0 Å². The van der Waals surface area contributed by atoms with E-state index < -0.39 is 11.6 Å². The van der Waals surface area contributed by atoms with E-state index in [0.717, 1.165) is 25.7 Å². The number of ketones is 1. The van der Waals surface area contributed by atoms with Gasteiger partial charge < -0.3 is 14.9 Å². The van der Waals surface area contributed by atoms with Gasteiger partial charge in [-0.25, -0.2) is 0 Å². The topological polar surface area (TPSA) is 87.1 Å². The number of carboxylic acid groups (broad SMARTS) is 1. The molecule has 9 atom stereocenters. The van der Waals surface area contributed by atoms with Gasteiger partial charge in [0.25, 0.3) is 0 Å². The van der Waals surface area contributed by atoms with Crippen LogP contribution < -0.4 is 0 Å². The number of ether oxygens (including phenoxy) is 1. The molecule has 0 aromatic rings. The van der Waals surface area contributed by atoms with Crippen LogP contribution in [0.1, 0.15) is 65.2 Å². The Morgan fingerprint density at radius 3 is 2.86 bits per heavy atom. The number of hydrogen-bond acceptors (Lipinski definition) is 4. The highest BCUT2D eigenvalue weighted by Gasteiger charge is 2.84. The largest absolute Gasteiger partial charge is 0.481 e. The van der Waals surface area contributed by atoms with Crippen LogP contribution in [0.4, 0.5) is 0 Å². The van der Waals surface area contributed by atoms with E-state index >= 15 is 0 Å². The van der Waals surface area contributed by atoms with Gasteiger partial charge in [-0.05, 0) is 68.3 Å². The number of aliphatic hydroxyl groups is 1. The Labute approximate surface area is 165 Å². The summed E-state index contributed by atoms with van der Waals surface area (Å²) in [5.74, 6) is 1.36. The van der Waals surface area contributed by atoms with E-state index in [1.54, 1.807) is 0 Å². The molecular formula is C23H30O5.